The van der Waals surface area contributed by atoms with Crippen LogP contribution in [0.3, 0.4) is 0 Å². The number of rotatable bonds is 5. The van der Waals surface area contributed by atoms with E-state index in [2.05, 4.69) is 37.5 Å². The van der Waals surface area contributed by atoms with Crippen LogP contribution >= 0.6 is 11.3 Å². The summed E-state index contributed by atoms with van der Waals surface area (Å²) >= 11 is 1.53. The SMILES string of the molecule is Cn1nnnc1/C(=N/OCc1csc(C#CC2CC2)n1)c1ccccc1. The van der Waals surface area contributed by atoms with Crippen molar-refractivity contribution in [1.82, 2.24) is 25.2 Å². The van der Waals surface area contributed by atoms with Crippen molar-refractivity contribution < 1.29 is 4.84 Å². The average molecular weight is 364 g/mol. The van der Waals surface area contributed by atoms with Crippen molar-refractivity contribution in [3.8, 4) is 11.8 Å². The van der Waals surface area contributed by atoms with Crippen LogP contribution in [0.5, 0.6) is 0 Å². The molecule has 8 heteroatoms. The Labute approximate surface area is 154 Å². The van der Waals surface area contributed by atoms with Crippen LogP contribution in [0.1, 0.15) is 34.9 Å². The Morgan fingerprint density at radius 2 is 2.19 bits per heavy atom. The molecule has 0 aliphatic heterocycles. The second kappa shape index (κ2) is 7.45. The molecule has 4 rings (SSSR count). The Hall–Kier alpha value is -3.05. The van der Waals surface area contributed by atoms with Crippen molar-refractivity contribution in [2.24, 2.45) is 18.1 Å². The second-order valence-corrected chi connectivity index (χ2v) is 6.75. The van der Waals surface area contributed by atoms with E-state index < -0.39 is 0 Å². The molecule has 1 aromatic carbocycles. The van der Waals surface area contributed by atoms with Crippen LogP contribution in [0.2, 0.25) is 0 Å². The lowest BCUT2D eigenvalue weighted by Crippen LogP contribution is -2.12. The number of hydrogen-bond donors (Lipinski definition) is 0. The highest BCUT2D eigenvalue weighted by Crippen LogP contribution is 2.27. The molecule has 1 aliphatic rings. The van der Waals surface area contributed by atoms with Gasteiger partial charge in [-0.25, -0.2) is 9.67 Å². The van der Waals surface area contributed by atoms with Crippen LogP contribution in [0, 0.1) is 17.8 Å². The van der Waals surface area contributed by atoms with Gasteiger partial charge in [0.05, 0.1) is 5.69 Å². The molecule has 1 fully saturated rings. The molecule has 0 radical (unpaired) electrons. The molecule has 2 aromatic heterocycles. The zero-order chi connectivity index (χ0) is 17.8. The number of aryl methyl sites for hydroxylation is 1. The van der Waals surface area contributed by atoms with Crippen LogP contribution in [0.4, 0.5) is 0 Å². The smallest absolute Gasteiger partial charge is 0.204 e. The molecule has 1 saturated carbocycles. The number of tetrazole rings is 1. The summed E-state index contributed by atoms with van der Waals surface area (Å²) in [6.07, 6.45) is 2.42. The molecule has 2 heterocycles. The second-order valence-electron chi connectivity index (χ2n) is 5.89. The minimum atomic E-state index is 0.267. The maximum atomic E-state index is 5.54. The van der Waals surface area contributed by atoms with Gasteiger partial charge in [0.2, 0.25) is 5.82 Å². The lowest BCUT2D eigenvalue weighted by Gasteiger charge is -2.05. The first-order valence-corrected chi connectivity index (χ1v) is 9.11. The summed E-state index contributed by atoms with van der Waals surface area (Å²) in [5.74, 6) is 7.43. The van der Waals surface area contributed by atoms with E-state index in [1.54, 1.807) is 11.7 Å². The molecule has 0 amide bonds. The largest absolute Gasteiger partial charge is 0.389 e. The van der Waals surface area contributed by atoms with Crippen LogP contribution < -0.4 is 0 Å². The molecule has 0 atom stereocenters. The summed E-state index contributed by atoms with van der Waals surface area (Å²) < 4.78 is 1.56. The summed E-state index contributed by atoms with van der Waals surface area (Å²) in [4.78, 5) is 10.0. The van der Waals surface area contributed by atoms with Gasteiger partial charge in [0.1, 0.15) is 0 Å². The lowest BCUT2D eigenvalue weighted by molar-refractivity contribution is 0.128. The predicted octanol–water partition coefficient (Wildman–Crippen LogP) is 2.40. The summed E-state index contributed by atoms with van der Waals surface area (Å²) in [5, 5.41) is 18.6. The van der Waals surface area contributed by atoms with E-state index in [1.165, 1.54) is 24.2 Å². The molecule has 0 unspecified atom stereocenters. The molecule has 3 aromatic rings. The number of benzene rings is 1. The first kappa shape index (κ1) is 16.4. The molecule has 1 aliphatic carbocycles. The minimum Gasteiger partial charge on any atom is -0.389 e. The minimum absolute atomic E-state index is 0.267. The third-order valence-corrected chi connectivity index (χ3v) is 4.57. The highest BCUT2D eigenvalue weighted by Gasteiger charge is 2.18. The summed E-state index contributed by atoms with van der Waals surface area (Å²) in [6.45, 7) is 0.267. The standard InChI is InChI=1S/C18H16N6OS/c1-24-18(20-22-23-24)17(14-5-3-2-4-6-14)21-25-11-15-12-26-16(19-15)10-9-13-7-8-13/h2-6,12-13H,7-8,11H2,1H3/b21-17+. The maximum Gasteiger partial charge on any atom is 0.204 e. The third kappa shape index (κ3) is 3.95. The van der Waals surface area contributed by atoms with Crippen molar-refractivity contribution >= 4 is 17.0 Å². The van der Waals surface area contributed by atoms with E-state index in [-0.39, 0.29) is 6.61 Å². The number of hydrogen-bond acceptors (Lipinski definition) is 7. The lowest BCUT2D eigenvalue weighted by atomic mass is 10.1. The zero-order valence-electron chi connectivity index (χ0n) is 14.2. The Bertz CT molecular complexity index is 978. The van der Waals surface area contributed by atoms with Crippen LogP contribution in [0.25, 0.3) is 0 Å². The van der Waals surface area contributed by atoms with Gasteiger partial charge < -0.3 is 4.84 Å². The molecule has 0 spiro atoms. The number of thiazole rings is 1. The van der Waals surface area contributed by atoms with Gasteiger partial charge in [-0.2, -0.15) is 0 Å². The predicted molar refractivity (Wildman–Crippen MR) is 97.4 cm³/mol. The Balaban J connectivity index is 1.49. The third-order valence-electron chi connectivity index (χ3n) is 3.76. The summed E-state index contributed by atoms with van der Waals surface area (Å²) in [5.41, 5.74) is 2.25. The number of oxime groups is 1. The van der Waals surface area contributed by atoms with Gasteiger partial charge in [0, 0.05) is 23.9 Å². The fourth-order valence-corrected chi connectivity index (χ4v) is 2.89. The van der Waals surface area contributed by atoms with Gasteiger partial charge in [-0.1, -0.05) is 41.4 Å². The van der Waals surface area contributed by atoms with Crippen LogP contribution in [-0.2, 0) is 18.5 Å². The van der Waals surface area contributed by atoms with Gasteiger partial charge in [0.25, 0.3) is 0 Å². The maximum absolute atomic E-state index is 5.54. The quantitative estimate of drug-likeness (QED) is 0.395. The molecular formula is C18H16N6OS. The van der Waals surface area contributed by atoms with E-state index in [0.717, 1.165) is 16.3 Å². The fraction of sp³-hybridized carbons (Fsp3) is 0.278. The van der Waals surface area contributed by atoms with Crippen molar-refractivity contribution in [3.63, 3.8) is 0 Å². The van der Waals surface area contributed by atoms with Crippen molar-refractivity contribution in [3.05, 3.63) is 57.8 Å². The first-order valence-electron chi connectivity index (χ1n) is 8.23. The fourth-order valence-electron chi connectivity index (χ4n) is 2.23. The van der Waals surface area contributed by atoms with Crippen LogP contribution in [-0.4, -0.2) is 30.9 Å². The monoisotopic (exact) mass is 364 g/mol. The summed E-state index contributed by atoms with van der Waals surface area (Å²) in [6, 6.07) is 9.67. The number of aromatic nitrogens is 5. The molecule has 0 bridgehead atoms. The van der Waals surface area contributed by atoms with Crippen molar-refractivity contribution in [2.75, 3.05) is 0 Å². The van der Waals surface area contributed by atoms with Gasteiger partial charge in [-0.05, 0) is 29.2 Å². The summed E-state index contributed by atoms with van der Waals surface area (Å²) in [7, 11) is 1.76. The molecule has 130 valence electrons. The first-order chi connectivity index (χ1) is 12.8. The van der Waals surface area contributed by atoms with Crippen molar-refractivity contribution in [1.29, 1.82) is 0 Å². The zero-order valence-corrected chi connectivity index (χ0v) is 15.0. The highest BCUT2D eigenvalue weighted by atomic mass is 32.1. The number of nitrogens with zero attached hydrogens (tertiary/aromatic N) is 6. The van der Waals surface area contributed by atoms with Gasteiger partial charge in [0.15, 0.2) is 17.3 Å². The Morgan fingerprint density at radius 3 is 2.92 bits per heavy atom. The van der Waals surface area contributed by atoms with Gasteiger partial charge in [-0.3, -0.25) is 0 Å². The van der Waals surface area contributed by atoms with Gasteiger partial charge >= 0.3 is 0 Å². The average Bonchev–Trinajstić information content (AvgIpc) is 3.24. The Morgan fingerprint density at radius 1 is 1.35 bits per heavy atom. The van der Waals surface area contributed by atoms with E-state index >= 15 is 0 Å². The van der Waals surface area contributed by atoms with E-state index in [9.17, 15) is 0 Å². The normalized spacial score (nSPS) is 14.0. The molecular weight excluding hydrogens is 348 g/mol. The Kier molecular flexibility index (Phi) is 4.71. The van der Waals surface area contributed by atoms with Crippen molar-refractivity contribution in [2.45, 2.75) is 19.4 Å². The van der Waals surface area contributed by atoms with Gasteiger partial charge in [-0.15, -0.1) is 16.4 Å². The topological polar surface area (TPSA) is 78.1 Å². The van der Waals surface area contributed by atoms with E-state index in [0.29, 0.717) is 17.5 Å². The molecule has 7 nitrogen and oxygen atoms in total. The highest BCUT2D eigenvalue weighted by molar-refractivity contribution is 7.10. The molecule has 26 heavy (non-hydrogen) atoms. The van der Waals surface area contributed by atoms with E-state index in [4.69, 9.17) is 4.84 Å². The molecule has 0 saturated heterocycles. The van der Waals surface area contributed by atoms with Crippen LogP contribution in [0.15, 0.2) is 40.9 Å². The van der Waals surface area contributed by atoms with E-state index in [1.807, 2.05) is 35.7 Å². The molecule has 0 N–H and O–H groups in total.